The van der Waals surface area contributed by atoms with Crippen LogP contribution in [0, 0.1) is 5.92 Å². The summed E-state index contributed by atoms with van der Waals surface area (Å²) in [5, 5.41) is 8.59. The van der Waals surface area contributed by atoms with Crippen molar-refractivity contribution in [2.45, 2.75) is 32.9 Å². The fraction of sp³-hybridized carbons (Fsp3) is 0.364. The molecule has 0 atom stereocenters. The maximum Gasteiger partial charge on any atom is 0.0769 e. The number of rotatable bonds is 11. The Balaban J connectivity index is 1.13. The molecule has 0 spiro atoms. The highest BCUT2D eigenvalue weighted by atomic mass is 15.3. The van der Waals surface area contributed by atoms with Crippen LogP contribution in [0.2, 0.25) is 0 Å². The Hall–Kier alpha value is -3.25. The number of nitrogens with zero attached hydrogens (tertiary/aromatic N) is 4. The molecule has 1 aromatic heterocycles. The molecular formula is C33H41N5. The summed E-state index contributed by atoms with van der Waals surface area (Å²) in [6.45, 7) is 11.7. The van der Waals surface area contributed by atoms with E-state index in [9.17, 15) is 0 Å². The molecule has 38 heavy (non-hydrogen) atoms. The summed E-state index contributed by atoms with van der Waals surface area (Å²) in [6.07, 6.45) is 1.03. The van der Waals surface area contributed by atoms with Gasteiger partial charge in [0, 0.05) is 51.5 Å². The Morgan fingerprint density at radius 3 is 1.92 bits per heavy atom. The molecule has 2 heterocycles. The summed E-state index contributed by atoms with van der Waals surface area (Å²) in [7, 11) is 0. The average molecular weight is 508 g/mol. The van der Waals surface area contributed by atoms with Gasteiger partial charge in [0.05, 0.1) is 17.4 Å². The lowest BCUT2D eigenvalue weighted by atomic mass is 9.96. The molecule has 1 aliphatic rings. The van der Waals surface area contributed by atoms with Crippen LogP contribution < -0.4 is 5.32 Å². The smallest absolute Gasteiger partial charge is 0.0769 e. The molecule has 0 bridgehead atoms. The lowest BCUT2D eigenvalue weighted by Crippen LogP contribution is -2.49. The molecule has 1 N–H and O–H groups in total. The number of nitrogens with one attached hydrogen (secondary N) is 1. The molecule has 0 radical (unpaired) electrons. The first-order valence-electron chi connectivity index (χ1n) is 14.1. The SMILES string of the molecule is CC(C)Cc1cc(CNCCN2CCN(C(c3ccccc3)c3ccccc3)CC2)nn1-c1ccccc1. The summed E-state index contributed by atoms with van der Waals surface area (Å²) in [5.74, 6) is 0.594. The summed E-state index contributed by atoms with van der Waals surface area (Å²) in [6, 6.07) is 34.9. The topological polar surface area (TPSA) is 36.3 Å². The highest BCUT2D eigenvalue weighted by Crippen LogP contribution is 2.29. The van der Waals surface area contributed by atoms with Crippen molar-refractivity contribution in [2.24, 2.45) is 5.92 Å². The van der Waals surface area contributed by atoms with Gasteiger partial charge in [-0.05, 0) is 41.7 Å². The Labute approximate surface area is 228 Å². The van der Waals surface area contributed by atoms with Crippen LogP contribution in [-0.2, 0) is 13.0 Å². The van der Waals surface area contributed by atoms with Crippen LogP contribution in [0.4, 0.5) is 0 Å². The van der Waals surface area contributed by atoms with Gasteiger partial charge in [0.1, 0.15) is 0 Å². The van der Waals surface area contributed by atoms with Gasteiger partial charge in [-0.25, -0.2) is 4.68 Å². The molecule has 1 fully saturated rings. The molecule has 0 unspecified atom stereocenters. The van der Waals surface area contributed by atoms with Gasteiger partial charge in [0.15, 0.2) is 0 Å². The zero-order valence-corrected chi connectivity index (χ0v) is 22.8. The molecule has 198 valence electrons. The zero-order valence-electron chi connectivity index (χ0n) is 22.8. The molecule has 0 saturated carbocycles. The van der Waals surface area contributed by atoms with Crippen molar-refractivity contribution in [3.05, 3.63) is 120 Å². The standard InChI is InChI=1S/C33H41N5/c1-27(2)24-32-25-30(35-38(32)31-16-10-5-11-17-31)26-34-18-19-36-20-22-37(23-21-36)33(28-12-6-3-7-13-28)29-14-8-4-9-15-29/h3-17,25,27,33-34H,18-24,26H2,1-2H3. The second-order valence-corrected chi connectivity index (χ2v) is 10.8. The zero-order chi connectivity index (χ0) is 26.2. The van der Waals surface area contributed by atoms with E-state index in [1.54, 1.807) is 0 Å². The first-order chi connectivity index (χ1) is 18.7. The third-order valence-corrected chi connectivity index (χ3v) is 7.37. The maximum absolute atomic E-state index is 4.94. The van der Waals surface area contributed by atoms with Gasteiger partial charge in [-0.3, -0.25) is 9.80 Å². The first-order valence-corrected chi connectivity index (χ1v) is 14.1. The molecule has 1 aliphatic heterocycles. The number of piperazine rings is 1. The van der Waals surface area contributed by atoms with E-state index in [0.29, 0.717) is 12.0 Å². The van der Waals surface area contributed by atoms with Crippen molar-refractivity contribution >= 4 is 0 Å². The Morgan fingerprint density at radius 2 is 1.34 bits per heavy atom. The third-order valence-electron chi connectivity index (χ3n) is 7.37. The molecule has 1 saturated heterocycles. The Bertz CT molecular complexity index is 1190. The van der Waals surface area contributed by atoms with Crippen molar-refractivity contribution < 1.29 is 0 Å². The van der Waals surface area contributed by atoms with Crippen LogP contribution in [0.3, 0.4) is 0 Å². The monoisotopic (exact) mass is 507 g/mol. The van der Waals surface area contributed by atoms with Crippen molar-refractivity contribution in [3.8, 4) is 5.69 Å². The largest absolute Gasteiger partial charge is 0.310 e. The molecule has 5 heteroatoms. The molecule has 4 aromatic rings. The predicted molar refractivity (Wildman–Crippen MR) is 157 cm³/mol. The Kier molecular flexibility index (Phi) is 9.02. The van der Waals surface area contributed by atoms with Crippen LogP contribution in [0.5, 0.6) is 0 Å². The molecular weight excluding hydrogens is 466 g/mol. The maximum atomic E-state index is 4.94. The van der Waals surface area contributed by atoms with E-state index in [1.165, 1.54) is 16.8 Å². The number of para-hydroxylation sites is 1. The van der Waals surface area contributed by atoms with Crippen LogP contribution in [0.1, 0.15) is 42.4 Å². The summed E-state index contributed by atoms with van der Waals surface area (Å²) < 4.78 is 2.12. The van der Waals surface area contributed by atoms with Gasteiger partial charge in [-0.15, -0.1) is 0 Å². The molecule has 3 aromatic carbocycles. The van der Waals surface area contributed by atoms with Gasteiger partial charge in [0.25, 0.3) is 0 Å². The molecule has 0 aliphatic carbocycles. The second-order valence-electron chi connectivity index (χ2n) is 10.8. The summed E-state index contributed by atoms with van der Waals surface area (Å²) >= 11 is 0. The third kappa shape index (κ3) is 6.79. The van der Waals surface area contributed by atoms with Crippen molar-refractivity contribution in [1.29, 1.82) is 0 Å². The van der Waals surface area contributed by atoms with Gasteiger partial charge in [-0.1, -0.05) is 92.7 Å². The van der Waals surface area contributed by atoms with Crippen molar-refractivity contribution in [1.82, 2.24) is 24.9 Å². The quantitative estimate of drug-likeness (QED) is 0.269. The minimum Gasteiger partial charge on any atom is -0.310 e. The number of hydrogen-bond acceptors (Lipinski definition) is 4. The van der Waals surface area contributed by atoms with Crippen molar-refractivity contribution in [3.63, 3.8) is 0 Å². The van der Waals surface area contributed by atoms with Crippen LogP contribution >= 0.6 is 0 Å². The van der Waals surface area contributed by atoms with E-state index in [2.05, 4.69) is 131 Å². The summed E-state index contributed by atoms with van der Waals surface area (Å²) in [5.41, 5.74) is 6.28. The van der Waals surface area contributed by atoms with Gasteiger partial charge in [-0.2, -0.15) is 5.10 Å². The minimum absolute atomic E-state index is 0.317. The number of hydrogen-bond donors (Lipinski definition) is 1. The van der Waals surface area contributed by atoms with E-state index < -0.39 is 0 Å². The average Bonchev–Trinajstić information content (AvgIpc) is 3.35. The van der Waals surface area contributed by atoms with Crippen LogP contribution in [0.25, 0.3) is 5.69 Å². The van der Waals surface area contributed by atoms with E-state index >= 15 is 0 Å². The molecule has 0 amide bonds. The minimum atomic E-state index is 0.317. The fourth-order valence-electron chi connectivity index (χ4n) is 5.50. The Morgan fingerprint density at radius 1 is 0.763 bits per heavy atom. The normalized spacial score (nSPS) is 14.9. The highest BCUT2D eigenvalue weighted by Gasteiger charge is 2.26. The second kappa shape index (κ2) is 13.0. The summed E-state index contributed by atoms with van der Waals surface area (Å²) in [4.78, 5) is 5.23. The van der Waals surface area contributed by atoms with Crippen LogP contribution in [0.15, 0.2) is 97.1 Å². The number of benzene rings is 3. The molecule has 5 rings (SSSR count). The van der Waals surface area contributed by atoms with E-state index in [0.717, 1.165) is 63.6 Å². The highest BCUT2D eigenvalue weighted by molar-refractivity contribution is 5.34. The molecule has 5 nitrogen and oxygen atoms in total. The number of aromatic nitrogens is 2. The lowest BCUT2D eigenvalue weighted by Gasteiger charge is -2.39. The first kappa shape index (κ1) is 26.4. The van der Waals surface area contributed by atoms with Gasteiger partial charge in [0.2, 0.25) is 0 Å². The van der Waals surface area contributed by atoms with E-state index in [-0.39, 0.29) is 0 Å². The lowest BCUT2D eigenvalue weighted by molar-refractivity contribution is 0.110. The van der Waals surface area contributed by atoms with E-state index in [4.69, 9.17) is 5.10 Å². The fourth-order valence-corrected chi connectivity index (χ4v) is 5.50. The van der Waals surface area contributed by atoms with Gasteiger partial charge < -0.3 is 5.32 Å². The van der Waals surface area contributed by atoms with E-state index in [1.807, 2.05) is 0 Å². The van der Waals surface area contributed by atoms with Crippen LogP contribution in [-0.4, -0.2) is 58.8 Å². The predicted octanol–water partition coefficient (Wildman–Crippen LogP) is 5.57. The van der Waals surface area contributed by atoms with Gasteiger partial charge >= 0.3 is 0 Å². The van der Waals surface area contributed by atoms with Crippen molar-refractivity contribution in [2.75, 3.05) is 39.3 Å².